The van der Waals surface area contributed by atoms with E-state index in [1.54, 1.807) is 6.92 Å². The lowest BCUT2D eigenvalue weighted by Gasteiger charge is -2.33. The van der Waals surface area contributed by atoms with Gasteiger partial charge in [-0.25, -0.2) is 0 Å². The normalized spacial score (nSPS) is 13.5. The van der Waals surface area contributed by atoms with E-state index in [9.17, 15) is 9.59 Å². The first kappa shape index (κ1) is 17.2. The molecule has 0 bridgehead atoms. The molecule has 0 aliphatic heterocycles. The number of aliphatic carboxylic acids is 1. The Morgan fingerprint density at radius 3 is 2.43 bits per heavy atom. The summed E-state index contributed by atoms with van der Waals surface area (Å²) in [4.78, 5) is 25.2. The first-order valence-electron chi connectivity index (χ1n) is 7.00. The van der Waals surface area contributed by atoms with E-state index in [0.29, 0.717) is 6.42 Å². The van der Waals surface area contributed by atoms with Crippen LogP contribution >= 0.6 is 0 Å². The summed E-state index contributed by atoms with van der Waals surface area (Å²) in [5.41, 5.74) is 0.687. The van der Waals surface area contributed by atoms with Crippen LogP contribution in [-0.4, -0.2) is 36.2 Å². The van der Waals surface area contributed by atoms with Crippen LogP contribution in [0.2, 0.25) is 0 Å². The molecule has 0 heterocycles. The van der Waals surface area contributed by atoms with Crippen molar-refractivity contribution in [3.8, 4) is 0 Å². The predicted octanol–water partition coefficient (Wildman–Crippen LogP) is 2.62. The fourth-order valence-electron chi connectivity index (χ4n) is 2.07. The van der Waals surface area contributed by atoms with E-state index in [4.69, 9.17) is 9.84 Å². The van der Waals surface area contributed by atoms with E-state index < -0.39 is 11.6 Å². The van der Waals surface area contributed by atoms with Crippen LogP contribution in [0.4, 0.5) is 5.69 Å². The number of hydrogen-bond donors (Lipinski definition) is 1. The van der Waals surface area contributed by atoms with Gasteiger partial charge >= 0.3 is 5.97 Å². The van der Waals surface area contributed by atoms with Crippen molar-refractivity contribution in [1.29, 1.82) is 0 Å². The van der Waals surface area contributed by atoms with Gasteiger partial charge in [0.05, 0.1) is 6.42 Å². The molecule has 1 aromatic rings. The van der Waals surface area contributed by atoms with Gasteiger partial charge in [0.2, 0.25) is 0 Å². The molecular formula is C16H23NO4. The van der Waals surface area contributed by atoms with Gasteiger partial charge in [0.25, 0.3) is 5.91 Å². The lowest BCUT2D eigenvalue weighted by molar-refractivity contribution is -0.139. The maximum Gasteiger partial charge on any atom is 0.305 e. The Hall–Kier alpha value is -1.88. The fourth-order valence-corrected chi connectivity index (χ4v) is 2.07. The number of ether oxygens (including phenoxy) is 1. The van der Waals surface area contributed by atoms with Gasteiger partial charge in [-0.3, -0.25) is 9.59 Å². The van der Waals surface area contributed by atoms with Gasteiger partial charge in [-0.15, -0.1) is 0 Å². The second-order valence-electron chi connectivity index (χ2n) is 5.18. The summed E-state index contributed by atoms with van der Waals surface area (Å²) in [5.74, 6) is -1.15. The largest absolute Gasteiger partial charge is 0.481 e. The average Bonchev–Trinajstić information content (AvgIpc) is 2.47. The Morgan fingerprint density at radius 1 is 1.33 bits per heavy atom. The summed E-state index contributed by atoms with van der Waals surface area (Å²) in [6.07, 6.45) is 0.404. The van der Waals surface area contributed by atoms with E-state index >= 15 is 0 Å². The minimum absolute atomic E-state index is 0.108. The number of benzene rings is 1. The molecule has 0 radical (unpaired) electrons. The number of amides is 1. The Labute approximate surface area is 125 Å². The third kappa shape index (κ3) is 4.04. The summed E-state index contributed by atoms with van der Waals surface area (Å²) in [7, 11) is 1.49. The third-order valence-corrected chi connectivity index (χ3v) is 3.78. The van der Waals surface area contributed by atoms with E-state index in [1.807, 2.05) is 38.1 Å². The molecule has 0 saturated carbocycles. The van der Waals surface area contributed by atoms with Crippen LogP contribution < -0.4 is 4.90 Å². The molecule has 0 spiro atoms. The smallest absolute Gasteiger partial charge is 0.305 e. The van der Waals surface area contributed by atoms with Crippen LogP contribution in [-0.2, 0) is 14.3 Å². The van der Waals surface area contributed by atoms with Crippen molar-refractivity contribution in [2.75, 3.05) is 18.6 Å². The quantitative estimate of drug-likeness (QED) is 0.839. The minimum atomic E-state index is -0.958. The Balaban J connectivity index is 3.17. The van der Waals surface area contributed by atoms with E-state index in [0.717, 1.165) is 11.3 Å². The minimum Gasteiger partial charge on any atom is -0.481 e. The molecular weight excluding hydrogens is 270 g/mol. The van der Waals surface area contributed by atoms with Crippen LogP contribution in [0.25, 0.3) is 0 Å². The SMILES string of the molecule is CCC(C)(OC)C(=O)N(CCC(=O)O)c1ccccc1C. The molecule has 1 amide bonds. The van der Waals surface area contributed by atoms with Gasteiger partial charge < -0.3 is 14.7 Å². The predicted molar refractivity (Wildman–Crippen MR) is 81.5 cm³/mol. The van der Waals surface area contributed by atoms with Gasteiger partial charge in [-0.2, -0.15) is 0 Å². The van der Waals surface area contributed by atoms with Crippen LogP contribution in [0.1, 0.15) is 32.3 Å². The zero-order valence-electron chi connectivity index (χ0n) is 13.0. The lowest BCUT2D eigenvalue weighted by Crippen LogP contribution is -2.49. The number of methoxy groups -OCH3 is 1. The lowest BCUT2D eigenvalue weighted by atomic mass is 10.00. The van der Waals surface area contributed by atoms with Crippen molar-refractivity contribution < 1.29 is 19.4 Å². The van der Waals surface area contributed by atoms with Crippen molar-refractivity contribution in [2.45, 2.75) is 39.2 Å². The first-order valence-corrected chi connectivity index (χ1v) is 7.00. The van der Waals surface area contributed by atoms with Crippen molar-refractivity contribution in [3.05, 3.63) is 29.8 Å². The number of anilines is 1. The molecule has 0 aliphatic carbocycles. The van der Waals surface area contributed by atoms with Crippen LogP contribution in [0.15, 0.2) is 24.3 Å². The van der Waals surface area contributed by atoms with E-state index in [2.05, 4.69) is 0 Å². The highest BCUT2D eigenvalue weighted by atomic mass is 16.5. The molecule has 116 valence electrons. The number of carboxylic acid groups (broad SMARTS) is 1. The highest BCUT2D eigenvalue weighted by Gasteiger charge is 2.36. The summed E-state index contributed by atoms with van der Waals surface area (Å²) in [6, 6.07) is 7.43. The Kier molecular flexibility index (Phi) is 5.90. The third-order valence-electron chi connectivity index (χ3n) is 3.78. The molecule has 1 N–H and O–H groups in total. The molecule has 0 aromatic heterocycles. The number of aryl methyl sites for hydroxylation is 1. The average molecular weight is 293 g/mol. The van der Waals surface area contributed by atoms with Gasteiger partial charge in [-0.1, -0.05) is 25.1 Å². The molecule has 5 nitrogen and oxygen atoms in total. The topological polar surface area (TPSA) is 66.8 Å². The molecule has 1 atom stereocenters. The summed E-state index contributed by atoms with van der Waals surface area (Å²) in [6.45, 7) is 5.61. The highest BCUT2D eigenvalue weighted by molar-refractivity contribution is 6.00. The van der Waals surface area contributed by atoms with Crippen LogP contribution in [0.3, 0.4) is 0 Å². The molecule has 1 rings (SSSR count). The molecule has 0 saturated heterocycles. The standard InChI is InChI=1S/C16H23NO4/c1-5-16(3,21-4)15(20)17(11-10-14(18)19)13-9-7-6-8-12(13)2/h6-9H,5,10-11H2,1-4H3,(H,18,19). The Morgan fingerprint density at radius 2 is 1.95 bits per heavy atom. The zero-order valence-corrected chi connectivity index (χ0v) is 13.0. The highest BCUT2D eigenvalue weighted by Crippen LogP contribution is 2.26. The van der Waals surface area contributed by atoms with Gasteiger partial charge in [0.1, 0.15) is 5.60 Å². The zero-order chi connectivity index (χ0) is 16.0. The number of carboxylic acids is 1. The molecule has 0 fully saturated rings. The number of carbonyl (C=O) groups excluding carboxylic acids is 1. The Bertz CT molecular complexity index is 509. The van der Waals surface area contributed by atoms with E-state index in [-0.39, 0.29) is 18.9 Å². The van der Waals surface area contributed by atoms with Crippen molar-refractivity contribution in [3.63, 3.8) is 0 Å². The van der Waals surface area contributed by atoms with E-state index in [1.165, 1.54) is 12.0 Å². The van der Waals surface area contributed by atoms with Crippen LogP contribution in [0.5, 0.6) is 0 Å². The maximum absolute atomic E-state index is 12.8. The van der Waals surface area contributed by atoms with Gasteiger partial charge in [0, 0.05) is 19.3 Å². The number of para-hydroxylation sites is 1. The molecule has 21 heavy (non-hydrogen) atoms. The van der Waals surface area contributed by atoms with Crippen molar-refractivity contribution in [2.24, 2.45) is 0 Å². The fraction of sp³-hybridized carbons (Fsp3) is 0.500. The molecule has 1 aromatic carbocycles. The molecule has 5 heteroatoms. The number of nitrogens with zero attached hydrogens (tertiary/aromatic N) is 1. The second kappa shape index (κ2) is 7.22. The summed E-state index contributed by atoms with van der Waals surface area (Å²) >= 11 is 0. The molecule has 1 unspecified atom stereocenters. The summed E-state index contributed by atoms with van der Waals surface area (Å²) in [5, 5.41) is 8.91. The number of hydrogen-bond acceptors (Lipinski definition) is 3. The van der Waals surface area contributed by atoms with Crippen molar-refractivity contribution in [1.82, 2.24) is 0 Å². The van der Waals surface area contributed by atoms with Crippen molar-refractivity contribution >= 4 is 17.6 Å². The summed E-state index contributed by atoms with van der Waals surface area (Å²) < 4.78 is 5.36. The maximum atomic E-state index is 12.8. The second-order valence-corrected chi connectivity index (χ2v) is 5.18. The van der Waals surface area contributed by atoms with Crippen LogP contribution in [0, 0.1) is 6.92 Å². The van der Waals surface area contributed by atoms with Gasteiger partial charge in [0.15, 0.2) is 0 Å². The van der Waals surface area contributed by atoms with Gasteiger partial charge in [-0.05, 0) is 31.9 Å². The number of rotatable bonds is 7. The monoisotopic (exact) mass is 293 g/mol. The number of carbonyl (C=O) groups is 2. The molecule has 0 aliphatic rings. The first-order chi connectivity index (χ1) is 9.85.